The molecule has 1 saturated heterocycles. The normalized spacial score (nSPS) is 22.1. The third-order valence-electron chi connectivity index (χ3n) is 4.45. The minimum atomic E-state index is -4.54. The molecule has 7 heteroatoms. The Hall–Kier alpha value is -0.950. The molecule has 0 bridgehead atoms. The van der Waals surface area contributed by atoms with Crippen molar-refractivity contribution < 1.29 is 22.6 Å². The fourth-order valence-electron chi connectivity index (χ4n) is 3.11. The van der Waals surface area contributed by atoms with E-state index in [9.17, 15) is 22.6 Å². The minimum Gasteiger partial charge on any atom is -0.285 e. The molecule has 1 rings (SSSR count). The Morgan fingerprint density at radius 2 is 1.43 bits per heavy atom. The van der Waals surface area contributed by atoms with Crippen molar-refractivity contribution in [1.29, 1.82) is 0 Å². The molecular weight excluding hydrogens is 318 g/mol. The molecule has 23 heavy (non-hydrogen) atoms. The molecule has 0 aromatic carbocycles. The molecule has 0 aromatic heterocycles. The fraction of sp³-hybridized carbons (Fsp3) is 0.875. The molecule has 6 nitrogen and oxygen atoms in total. The van der Waals surface area contributed by atoms with Crippen molar-refractivity contribution in [3.8, 4) is 0 Å². The summed E-state index contributed by atoms with van der Waals surface area (Å²) in [5, 5.41) is -1.62. The third-order valence-corrected chi connectivity index (χ3v) is 5.63. The lowest BCUT2D eigenvalue weighted by molar-refractivity contribution is -0.139. The Balaban J connectivity index is 2.42. The second-order valence-corrected chi connectivity index (χ2v) is 7.79. The second-order valence-electron chi connectivity index (χ2n) is 6.25. The number of amides is 2. The fourth-order valence-corrected chi connectivity index (χ4v) is 4.22. The first kappa shape index (κ1) is 20.1. The molecule has 0 aromatic rings. The Bertz CT molecular complexity index is 503. The number of unbranched alkanes of at least 4 members (excludes halogenated alkanes) is 7. The summed E-state index contributed by atoms with van der Waals surface area (Å²) in [6.45, 7) is 4.07. The molecule has 1 heterocycles. The maximum atomic E-state index is 12.2. The van der Waals surface area contributed by atoms with Crippen molar-refractivity contribution in [3.63, 3.8) is 0 Å². The summed E-state index contributed by atoms with van der Waals surface area (Å²) in [4.78, 5) is 25.3. The summed E-state index contributed by atoms with van der Waals surface area (Å²) in [6.07, 6.45) is 8.94. The number of carbonyl (C=O) groups is 2. The van der Waals surface area contributed by atoms with Crippen LogP contribution in [0.3, 0.4) is 0 Å². The number of carbonyl (C=O) groups excluding carboxylic acids is 2. The van der Waals surface area contributed by atoms with Crippen LogP contribution in [-0.4, -0.2) is 41.5 Å². The molecule has 0 radical (unpaired) electrons. The Morgan fingerprint density at radius 3 is 1.87 bits per heavy atom. The van der Waals surface area contributed by atoms with Gasteiger partial charge in [-0.05, 0) is 12.8 Å². The third kappa shape index (κ3) is 5.57. The van der Waals surface area contributed by atoms with Crippen LogP contribution in [0.1, 0.15) is 71.6 Å². The van der Waals surface area contributed by atoms with Gasteiger partial charge in [0, 0.05) is 6.54 Å². The molecule has 0 aliphatic carbocycles. The highest BCUT2D eigenvalue weighted by molar-refractivity contribution is 7.87. The summed E-state index contributed by atoms with van der Waals surface area (Å²) in [7, 11) is -4.54. The molecular formula is C16H29NO5S. The van der Waals surface area contributed by atoms with Gasteiger partial charge < -0.3 is 0 Å². The highest BCUT2D eigenvalue weighted by atomic mass is 32.2. The van der Waals surface area contributed by atoms with Gasteiger partial charge in [-0.15, -0.1) is 0 Å². The number of hydrogen-bond donors (Lipinski definition) is 1. The van der Waals surface area contributed by atoms with E-state index in [0.717, 1.165) is 24.2 Å². The van der Waals surface area contributed by atoms with Gasteiger partial charge in [-0.1, -0.05) is 58.8 Å². The van der Waals surface area contributed by atoms with E-state index < -0.39 is 33.1 Å². The zero-order valence-electron chi connectivity index (χ0n) is 14.2. The molecule has 0 saturated carbocycles. The number of nitrogens with zero attached hydrogens (tertiary/aromatic N) is 1. The number of imide groups is 1. The summed E-state index contributed by atoms with van der Waals surface area (Å²) in [6, 6.07) is 0. The molecule has 1 N–H and O–H groups in total. The summed E-state index contributed by atoms with van der Waals surface area (Å²) in [5.74, 6) is -2.19. The van der Waals surface area contributed by atoms with E-state index in [2.05, 4.69) is 6.92 Å². The van der Waals surface area contributed by atoms with E-state index in [0.29, 0.717) is 6.42 Å². The lowest BCUT2D eigenvalue weighted by Gasteiger charge is -2.14. The quantitative estimate of drug-likeness (QED) is 0.352. The van der Waals surface area contributed by atoms with Gasteiger partial charge in [-0.2, -0.15) is 8.42 Å². The molecule has 2 amide bonds. The minimum absolute atomic E-state index is 0.225. The van der Waals surface area contributed by atoms with Crippen molar-refractivity contribution in [2.24, 2.45) is 5.92 Å². The van der Waals surface area contributed by atoms with Crippen LogP contribution in [0.4, 0.5) is 0 Å². The van der Waals surface area contributed by atoms with Gasteiger partial charge in [-0.25, -0.2) is 0 Å². The van der Waals surface area contributed by atoms with Crippen molar-refractivity contribution in [3.05, 3.63) is 0 Å². The Labute approximate surface area is 139 Å². The molecule has 1 aliphatic rings. The molecule has 1 fully saturated rings. The lowest BCUT2D eigenvalue weighted by Crippen LogP contribution is -2.36. The maximum Gasteiger partial charge on any atom is 0.277 e. The SMILES string of the molecule is CCCCCCCCCCN1C(=O)C(CC)C(S(=O)(=O)O)C1=O. The summed E-state index contributed by atoms with van der Waals surface area (Å²) < 4.78 is 31.9. The van der Waals surface area contributed by atoms with E-state index >= 15 is 0 Å². The first-order valence-corrected chi connectivity index (χ1v) is 10.2. The van der Waals surface area contributed by atoms with Crippen LogP contribution in [0, 0.1) is 5.92 Å². The van der Waals surface area contributed by atoms with Gasteiger partial charge in [0.2, 0.25) is 5.91 Å². The van der Waals surface area contributed by atoms with E-state index in [1.807, 2.05) is 0 Å². The van der Waals surface area contributed by atoms with E-state index in [-0.39, 0.29) is 13.0 Å². The van der Waals surface area contributed by atoms with Crippen molar-refractivity contribution in [1.82, 2.24) is 4.90 Å². The lowest BCUT2D eigenvalue weighted by atomic mass is 10.1. The summed E-state index contributed by atoms with van der Waals surface area (Å²) >= 11 is 0. The van der Waals surface area contributed by atoms with Gasteiger partial charge in [0.25, 0.3) is 16.0 Å². The van der Waals surface area contributed by atoms with Crippen LogP contribution in [0.15, 0.2) is 0 Å². The highest BCUT2D eigenvalue weighted by Crippen LogP contribution is 2.28. The van der Waals surface area contributed by atoms with E-state index in [4.69, 9.17) is 0 Å². The molecule has 0 spiro atoms. The largest absolute Gasteiger partial charge is 0.285 e. The van der Waals surface area contributed by atoms with Crippen LogP contribution in [0.2, 0.25) is 0 Å². The molecule has 2 atom stereocenters. The van der Waals surface area contributed by atoms with Crippen LogP contribution in [0.5, 0.6) is 0 Å². The standard InChI is InChI=1S/C16H29NO5S/c1-3-5-6-7-8-9-10-11-12-17-15(18)13(4-2)14(16(17)19)23(20,21)22/h13-14H,3-12H2,1-2H3,(H,20,21,22). The van der Waals surface area contributed by atoms with E-state index in [1.54, 1.807) is 6.92 Å². The monoisotopic (exact) mass is 347 g/mol. The van der Waals surface area contributed by atoms with Gasteiger partial charge in [-0.3, -0.25) is 19.0 Å². The molecule has 2 unspecified atom stereocenters. The first-order valence-electron chi connectivity index (χ1n) is 8.66. The predicted molar refractivity (Wildman–Crippen MR) is 88.4 cm³/mol. The Morgan fingerprint density at radius 1 is 0.913 bits per heavy atom. The maximum absolute atomic E-state index is 12.2. The summed E-state index contributed by atoms with van der Waals surface area (Å²) in [5.41, 5.74) is 0. The number of likely N-dealkylation sites (tertiary alicyclic amines) is 1. The number of rotatable bonds is 11. The second kappa shape index (κ2) is 9.37. The zero-order valence-corrected chi connectivity index (χ0v) is 15.0. The van der Waals surface area contributed by atoms with Gasteiger partial charge in [0.15, 0.2) is 5.25 Å². The first-order chi connectivity index (χ1) is 10.8. The predicted octanol–water partition coefficient (Wildman–Crippen LogP) is 2.78. The van der Waals surface area contributed by atoms with Gasteiger partial charge in [0.05, 0.1) is 5.92 Å². The van der Waals surface area contributed by atoms with Gasteiger partial charge in [0.1, 0.15) is 0 Å². The average molecular weight is 347 g/mol. The highest BCUT2D eigenvalue weighted by Gasteiger charge is 2.52. The van der Waals surface area contributed by atoms with Crippen molar-refractivity contribution >= 4 is 21.9 Å². The van der Waals surface area contributed by atoms with Gasteiger partial charge >= 0.3 is 0 Å². The van der Waals surface area contributed by atoms with Crippen LogP contribution in [-0.2, 0) is 19.7 Å². The number of hydrogen-bond acceptors (Lipinski definition) is 4. The van der Waals surface area contributed by atoms with Crippen LogP contribution >= 0.6 is 0 Å². The molecule has 1 aliphatic heterocycles. The average Bonchev–Trinajstić information content (AvgIpc) is 2.73. The zero-order chi connectivity index (χ0) is 17.5. The Kier molecular flexibility index (Phi) is 8.19. The smallest absolute Gasteiger partial charge is 0.277 e. The van der Waals surface area contributed by atoms with Crippen molar-refractivity contribution in [2.45, 2.75) is 76.9 Å². The van der Waals surface area contributed by atoms with Crippen LogP contribution in [0.25, 0.3) is 0 Å². The van der Waals surface area contributed by atoms with Crippen LogP contribution < -0.4 is 0 Å². The van der Waals surface area contributed by atoms with Crippen molar-refractivity contribution in [2.75, 3.05) is 6.54 Å². The topological polar surface area (TPSA) is 91.8 Å². The molecule has 134 valence electrons. The van der Waals surface area contributed by atoms with E-state index in [1.165, 1.54) is 25.7 Å².